The number of benzene rings is 1. The second kappa shape index (κ2) is 9.08. The molecule has 1 unspecified atom stereocenters. The van der Waals surface area contributed by atoms with E-state index in [1.54, 1.807) is 26.0 Å². The van der Waals surface area contributed by atoms with Crippen molar-refractivity contribution < 1.29 is 18.7 Å². The number of nitrogens with one attached hydrogen (secondary N) is 1. The molecular formula is C24H27FN4O3. The lowest BCUT2D eigenvalue weighted by Gasteiger charge is -2.23. The Morgan fingerprint density at radius 3 is 2.75 bits per heavy atom. The van der Waals surface area contributed by atoms with Crippen LogP contribution in [0.25, 0.3) is 17.0 Å². The zero-order chi connectivity index (χ0) is 22.8. The van der Waals surface area contributed by atoms with Crippen LogP contribution < -0.4 is 10.1 Å². The molecule has 1 aliphatic heterocycles. The van der Waals surface area contributed by atoms with Gasteiger partial charge >= 0.3 is 0 Å². The summed E-state index contributed by atoms with van der Waals surface area (Å²) in [5, 5.41) is 8.24. The number of pyridine rings is 1. The highest BCUT2D eigenvalue weighted by Gasteiger charge is 2.20. The van der Waals surface area contributed by atoms with Gasteiger partial charge in [-0.2, -0.15) is 5.10 Å². The SMILES string of the molecule is COc1cc(C)c(NC(=O)/C(F)=C/c2ccc3c(C)nn(C4CCCCO4)c3c2)c(C)n1. The molecule has 4 rings (SSSR count). The number of amides is 1. The largest absolute Gasteiger partial charge is 0.481 e. The third kappa shape index (κ3) is 4.36. The Labute approximate surface area is 186 Å². The minimum atomic E-state index is -0.893. The fraction of sp³-hybridized carbons (Fsp3) is 0.375. The van der Waals surface area contributed by atoms with E-state index in [2.05, 4.69) is 15.4 Å². The maximum Gasteiger partial charge on any atom is 0.284 e. The number of hydrogen-bond acceptors (Lipinski definition) is 5. The molecule has 0 spiro atoms. The number of nitrogens with zero attached hydrogens (tertiary/aromatic N) is 3. The van der Waals surface area contributed by atoms with Crippen LogP contribution in [0, 0.1) is 20.8 Å². The van der Waals surface area contributed by atoms with Crippen LogP contribution in [0.2, 0.25) is 0 Å². The number of anilines is 1. The van der Waals surface area contributed by atoms with Crippen molar-refractivity contribution in [3.05, 3.63) is 52.6 Å². The van der Waals surface area contributed by atoms with E-state index in [4.69, 9.17) is 9.47 Å². The minimum Gasteiger partial charge on any atom is -0.481 e. The van der Waals surface area contributed by atoms with Gasteiger partial charge in [0.05, 0.1) is 29.7 Å². The Bertz CT molecular complexity index is 1170. The average Bonchev–Trinajstić information content (AvgIpc) is 3.12. The Morgan fingerprint density at radius 2 is 2.06 bits per heavy atom. The van der Waals surface area contributed by atoms with Gasteiger partial charge in [0.2, 0.25) is 5.88 Å². The summed E-state index contributed by atoms with van der Waals surface area (Å²) < 4.78 is 27.7. The van der Waals surface area contributed by atoms with Crippen molar-refractivity contribution >= 4 is 28.6 Å². The highest BCUT2D eigenvalue weighted by molar-refractivity contribution is 6.05. The van der Waals surface area contributed by atoms with Crippen molar-refractivity contribution in [2.45, 2.75) is 46.3 Å². The van der Waals surface area contributed by atoms with Gasteiger partial charge in [0.1, 0.15) is 0 Å². The van der Waals surface area contributed by atoms with Gasteiger partial charge in [-0.1, -0.05) is 12.1 Å². The number of carbonyl (C=O) groups is 1. The molecule has 1 atom stereocenters. The van der Waals surface area contributed by atoms with Crippen LogP contribution in [0.5, 0.6) is 5.88 Å². The first-order valence-corrected chi connectivity index (χ1v) is 10.7. The van der Waals surface area contributed by atoms with E-state index in [1.807, 2.05) is 23.7 Å². The molecule has 168 valence electrons. The molecular weight excluding hydrogens is 411 g/mol. The first-order valence-electron chi connectivity index (χ1n) is 10.7. The van der Waals surface area contributed by atoms with Gasteiger partial charge in [-0.3, -0.25) is 4.79 Å². The van der Waals surface area contributed by atoms with E-state index < -0.39 is 11.7 Å². The maximum absolute atomic E-state index is 14.8. The topological polar surface area (TPSA) is 78.3 Å². The van der Waals surface area contributed by atoms with Crippen LogP contribution in [-0.2, 0) is 9.53 Å². The number of fused-ring (bicyclic) bond motifs is 1. The van der Waals surface area contributed by atoms with E-state index in [0.717, 1.165) is 41.4 Å². The number of halogens is 1. The summed E-state index contributed by atoms with van der Waals surface area (Å²) in [5.74, 6) is -1.28. The molecule has 8 heteroatoms. The second-order valence-corrected chi connectivity index (χ2v) is 8.02. The van der Waals surface area contributed by atoms with Gasteiger partial charge in [0, 0.05) is 18.1 Å². The summed E-state index contributed by atoms with van der Waals surface area (Å²) in [5.41, 5.74) is 4.09. The molecule has 3 heterocycles. The Kier molecular flexibility index (Phi) is 6.23. The standard InChI is InChI=1S/C24H27FN4O3/c1-14-11-21(31-4)26-16(3)23(14)27-24(30)19(25)12-17-8-9-18-15(2)28-29(20(18)13-17)22-7-5-6-10-32-22/h8-9,11-13,22H,5-7,10H2,1-4H3,(H,27,30)/b19-12-. The lowest BCUT2D eigenvalue weighted by molar-refractivity contribution is -0.114. The zero-order valence-electron chi connectivity index (χ0n) is 18.7. The molecule has 1 aromatic carbocycles. The Hall–Kier alpha value is -3.26. The van der Waals surface area contributed by atoms with Crippen molar-refractivity contribution in [3.63, 3.8) is 0 Å². The number of ether oxygens (including phenoxy) is 2. The Balaban J connectivity index is 1.60. The fourth-order valence-electron chi connectivity index (χ4n) is 4.01. The number of methoxy groups -OCH3 is 1. The molecule has 0 bridgehead atoms. The first kappa shape index (κ1) is 22.0. The van der Waals surface area contributed by atoms with Crippen molar-refractivity contribution in [1.29, 1.82) is 0 Å². The molecule has 1 aliphatic rings. The third-order valence-corrected chi connectivity index (χ3v) is 5.68. The summed E-state index contributed by atoms with van der Waals surface area (Å²) in [7, 11) is 1.52. The van der Waals surface area contributed by atoms with Gasteiger partial charge in [-0.25, -0.2) is 14.1 Å². The molecule has 0 aliphatic carbocycles. The highest BCUT2D eigenvalue weighted by atomic mass is 19.1. The van der Waals surface area contributed by atoms with Crippen molar-refractivity contribution in [2.24, 2.45) is 0 Å². The quantitative estimate of drug-likeness (QED) is 0.567. The van der Waals surface area contributed by atoms with Gasteiger partial charge in [0.25, 0.3) is 5.91 Å². The van der Waals surface area contributed by atoms with Gasteiger partial charge < -0.3 is 14.8 Å². The molecule has 7 nitrogen and oxygen atoms in total. The van der Waals surface area contributed by atoms with Crippen LogP contribution in [0.15, 0.2) is 30.1 Å². The van der Waals surface area contributed by atoms with Crippen LogP contribution in [-0.4, -0.2) is 34.4 Å². The number of aromatic nitrogens is 3. The molecule has 0 saturated carbocycles. The number of hydrogen-bond donors (Lipinski definition) is 1. The number of carbonyl (C=O) groups excluding carboxylic acids is 1. The molecule has 1 saturated heterocycles. The first-order chi connectivity index (χ1) is 15.4. The van der Waals surface area contributed by atoms with E-state index in [9.17, 15) is 9.18 Å². The van der Waals surface area contributed by atoms with Gasteiger partial charge in [-0.05, 0) is 63.3 Å². The Morgan fingerprint density at radius 1 is 1.25 bits per heavy atom. The lowest BCUT2D eigenvalue weighted by atomic mass is 10.1. The van der Waals surface area contributed by atoms with Crippen LogP contribution >= 0.6 is 0 Å². The minimum absolute atomic E-state index is 0.124. The molecule has 2 aromatic heterocycles. The molecule has 0 radical (unpaired) electrons. The van der Waals surface area contributed by atoms with Gasteiger partial charge in [-0.15, -0.1) is 0 Å². The predicted molar refractivity (Wildman–Crippen MR) is 121 cm³/mol. The van der Waals surface area contributed by atoms with E-state index in [1.165, 1.54) is 13.2 Å². The molecule has 1 fully saturated rings. The summed E-state index contributed by atoms with van der Waals surface area (Å²) in [4.78, 5) is 16.7. The van der Waals surface area contributed by atoms with Crippen LogP contribution in [0.4, 0.5) is 10.1 Å². The summed E-state index contributed by atoms with van der Waals surface area (Å²) in [6.45, 7) is 6.19. The number of rotatable bonds is 5. The van der Waals surface area contributed by atoms with E-state index in [-0.39, 0.29) is 6.23 Å². The molecule has 1 amide bonds. The zero-order valence-corrected chi connectivity index (χ0v) is 18.7. The summed E-state index contributed by atoms with van der Waals surface area (Å²) >= 11 is 0. The predicted octanol–water partition coefficient (Wildman–Crippen LogP) is 5.01. The monoisotopic (exact) mass is 438 g/mol. The van der Waals surface area contributed by atoms with Crippen LogP contribution in [0.3, 0.4) is 0 Å². The van der Waals surface area contributed by atoms with Crippen molar-refractivity contribution in [1.82, 2.24) is 14.8 Å². The van der Waals surface area contributed by atoms with Crippen molar-refractivity contribution in [2.75, 3.05) is 19.0 Å². The van der Waals surface area contributed by atoms with E-state index >= 15 is 0 Å². The maximum atomic E-state index is 14.8. The number of aryl methyl sites for hydroxylation is 3. The normalized spacial score (nSPS) is 16.9. The lowest BCUT2D eigenvalue weighted by Crippen LogP contribution is -2.19. The van der Waals surface area contributed by atoms with Crippen molar-refractivity contribution in [3.8, 4) is 5.88 Å². The second-order valence-electron chi connectivity index (χ2n) is 8.02. The van der Waals surface area contributed by atoms with E-state index in [0.29, 0.717) is 29.4 Å². The van der Waals surface area contributed by atoms with Crippen LogP contribution in [0.1, 0.15) is 48.0 Å². The highest BCUT2D eigenvalue weighted by Crippen LogP contribution is 2.29. The molecule has 3 aromatic rings. The van der Waals surface area contributed by atoms with Gasteiger partial charge in [0.15, 0.2) is 12.1 Å². The molecule has 1 N–H and O–H groups in total. The third-order valence-electron chi connectivity index (χ3n) is 5.68. The fourth-order valence-corrected chi connectivity index (χ4v) is 4.01. The summed E-state index contributed by atoms with van der Waals surface area (Å²) in [6.07, 6.45) is 4.12. The molecule has 32 heavy (non-hydrogen) atoms. The average molecular weight is 439 g/mol. The smallest absolute Gasteiger partial charge is 0.284 e. The summed E-state index contributed by atoms with van der Waals surface area (Å²) in [6, 6.07) is 7.21.